The van der Waals surface area contributed by atoms with Crippen LogP contribution in [-0.4, -0.2) is 58.1 Å². The van der Waals surface area contributed by atoms with Crippen LogP contribution in [0.1, 0.15) is 43.1 Å². The Morgan fingerprint density at radius 3 is 2.37 bits per heavy atom. The van der Waals surface area contributed by atoms with Crippen LogP contribution in [0.5, 0.6) is 0 Å². The van der Waals surface area contributed by atoms with Crippen LogP contribution < -0.4 is 5.73 Å². The van der Waals surface area contributed by atoms with E-state index in [-0.39, 0.29) is 6.04 Å². The fourth-order valence-electron chi connectivity index (χ4n) is 4.88. The van der Waals surface area contributed by atoms with E-state index in [0.717, 1.165) is 36.2 Å². The summed E-state index contributed by atoms with van der Waals surface area (Å²) in [4.78, 5) is 10.3. The molecule has 2 N–H and O–H groups in total. The Labute approximate surface area is 163 Å². The Hall–Kier alpha value is -1.69. The molecule has 2 aromatic rings. The minimum absolute atomic E-state index is 0.208. The van der Waals surface area contributed by atoms with Gasteiger partial charge in [0.1, 0.15) is 5.82 Å². The van der Waals surface area contributed by atoms with Gasteiger partial charge in [0, 0.05) is 57.1 Å². The molecule has 1 aliphatic carbocycles. The van der Waals surface area contributed by atoms with Crippen LogP contribution in [0.2, 0.25) is 0 Å². The minimum atomic E-state index is 0.208. The molecule has 0 radical (unpaired) electrons. The van der Waals surface area contributed by atoms with Crippen LogP contribution in [0.25, 0.3) is 11.4 Å². The number of nitrogens with two attached hydrogens (primary N) is 1. The van der Waals surface area contributed by atoms with Crippen molar-refractivity contribution < 1.29 is 0 Å². The zero-order chi connectivity index (χ0) is 18.8. The van der Waals surface area contributed by atoms with Gasteiger partial charge in [0.2, 0.25) is 0 Å². The summed E-state index contributed by atoms with van der Waals surface area (Å²) in [6.45, 7) is 7.31. The fourth-order valence-corrected chi connectivity index (χ4v) is 4.88. The van der Waals surface area contributed by atoms with Crippen molar-refractivity contribution >= 4 is 0 Å². The average Bonchev–Trinajstić information content (AvgIpc) is 3.34. The molecule has 2 fully saturated rings. The molecule has 1 aromatic carbocycles. The summed E-state index contributed by atoms with van der Waals surface area (Å²) in [7, 11) is 2.11. The molecular weight excluding hydrogens is 334 g/mol. The molecule has 0 spiro atoms. The van der Waals surface area contributed by atoms with Crippen molar-refractivity contribution in [3.63, 3.8) is 0 Å². The van der Waals surface area contributed by atoms with Crippen LogP contribution in [0.3, 0.4) is 0 Å². The molecule has 0 amide bonds. The third kappa shape index (κ3) is 3.68. The molecule has 1 atom stereocenters. The molecule has 146 valence electrons. The van der Waals surface area contributed by atoms with Gasteiger partial charge >= 0.3 is 0 Å². The van der Waals surface area contributed by atoms with E-state index in [1.807, 2.05) is 6.07 Å². The first-order chi connectivity index (χ1) is 13.2. The number of aromatic nitrogens is 2. The van der Waals surface area contributed by atoms with Gasteiger partial charge < -0.3 is 10.3 Å². The van der Waals surface area contributed by atoms with Gasteiger partial charge in [-0.3, -0.25) is 9.80 Å². The lowest BCUT2D eigenvalue weighted by Crippen LogP contribution is -2.51. The first-order valence-corrected chi connectivity index (χ1v) is 10.5. The Bertz CT molecular complexity index is 740. The molecule has 1 unspecified atom stereocenters. The third-order valence-corrected chi connectivity index (χ3v) is 6.62. The second kappa shape index (κ2) is 8.13. The molecule has 5 nitrogen and oxygen atoms in total. The van der Waals surface area contributed by atoms with E-state index in [1.54, 1.807) is 0 Å². The van der Waals surface area contributed by atoms with Gasteiger partial charge in [0.25, 0.3) is 0 Å². The normalized spacial score (nSPS) is 21.0. The number of piperazine rings is 1. The Morgan fingerprint density at radius 1 is 1.07 bits per heavy atom. The van der Waals surface area contributed by atoms with Crippen molar-refractivity contribution in [2.45, 2.75) is 44.7 Å². The number of hydrogen-bond acceptors (Lipinski definition) is 4. The maximum absolute atomic E-state index is 6.25. The predicted octanol–water partition coefficient (Wildman–Crippen LogP) is 2.96. The van der Waals surface area contributed by atoms with Crippen molar-refractivity contribution in [1.82, 2.24) is 19.4 Å². The number of hydrogen-bond donors (Lipinski definition) is 1. The highest BCUT2D eigenvalue weighted by molar-refractivity contribution is 5.56. The number of rotatable bonds is 5. The van der Waals surface area contributed by atoms with E-state index in [1.165, 1.54) is 44.5 Å². The Kier molecular flexibility index (Phi) is 5.62. The topological polar surface area (TPSA) is 50.3 Å². The van der Waals surface area contributed by atoms with Gasteiger partial charge in [-0.1, -0.05) is 43.2 Å². The van der Waals surface area contributed by atoms with Gasteiger partial charge in [-0.15, -0.1) is 0 Å². The quantitative estimate of drug-likeness (QED) is 0.883. The van der Waals surface area contributed by atoms with Crippen LogP contribution in [-0.2, 0) is 7.05 Å². The highest BCUT2D eigenvalue weighted by Gasteiger charge is 2.31. The SMILES string of the molecule is Cc1c(C(CN)N2CCN(C3CCCC3)CC2)nc(-c2ccccc2)n1C. The molecule has 1 saturated carbocycles. The Morgan fingerprint density at radius 2 is 1.74 bits per heavy atom. The lowest BCUT2D eigenvalue weighted by atomic mass is 10.1. The van der Waals surface area contributed by atoms with Crippen LogP contribution in [0.15, 0.2) is 30.3 Å². The fraction of sp³-hybridized carbons (Fsp3) is 0.591. The third-order valence-electron chi connectivity index (χ3n) is 6.62. The standard InChI is InChI=1S/C22H33N5/c1-17-21(24-22(25(17)2)18-8-4-3-5-9-18)20(16-23)27-14-12-26(13-15-27)19-10-6-7-11-19/h3-5,8-9,19-20H,6-7,10-16,23H2,1-2H3. The molecular formula is C22H33N5. The largest absolute Gasteiger partial charge is 0.331 e. The van der Waals surface area contributed by atoms with Crippen molar-refractivity contribution in [2.24, 2.45) is 12.8 Å². The monoisotopic (exact) mass is 367 g/mol. The van der Waals surface area contributed by atoms with Gasteiger partial charge in [0.15, 0.2) is 0 Å². The molecule has 2 heterocycles. The summed E-state index contributed by atoms with van der Waals surface area (Å²) < 4.78 is 2.21. The summed E-state index contributed by atoms with van der Waals surface area (Å²) >= 11 is 0. The first kappa shape index (κ1) is 18.7. The zero-order valence-electron chi connectivity index (χ0n) is 16.8. The summed E-state index contributed by atoms with van der Waals surface area (Å²) in [5.41, 5.74) is 9.79. The maximum Gasteiger partial charge on any atom is 0.140 e. The summed E-state index contributed by atoms with van der Waals surface area (Å²) in [6.07, 6.45) is 5.59. The molecule has 1 aliphatic heterocycles. The number of nitrogens with zero attached hydrogens (tertiary/aromatic N) is 4. The van der Waals surface area contributed by atoms with E-state index < -0.39 is 0 Å². The van der Waals surface area contributed by atoms with Crippen molar-refractivity contribution in [3.8, 4) is 11.4 Å². The van der Waals surface area contributed by atoms with Gasteiger partial charge in [0.05, 0.1) is 11.7 Å². The van der Waals surface area contributed by atoms with Crippen LogP contribution in [0.4, 0.5) is 0 Å². The number of benzene rings is 1. The zero-order valence-corrected chi connectivity index (χ0v) is 16.8. The predicted molar refractivity (Wildman–Crippen MR) is 111 cm³/mol. The van der Waals surface area contributed by atoms with Gasteiger partial charge in [-0.05, 0) is 19.8 Å². The molecule has 1 aromatic heterocycles. The summed E-state index contributed by atoms with van der Waals surface area (Å²) in [5, 5.41) is 0. The summed E-state index contributed by atoms with van der Waals surface area (Å²) in [5.74, 6) is 1.03. The van der Waals surface area contributed by atoms with Crippen molar-refractivity contribution in [3.05, 3.63) is 41.7 Å². The lowest BCUT2D eigenvalue weighted by molar-refractivity contribution is 0.0709. The van der Waals surface area contributed by atoms with Crippen molar-refractivity contribution in [1.29, 1.82) is 0 Å². The Balaban J connectivity index is 1.51. The second-order valence-corrected chi connectivity index (χ2v) is 8.09. The van der Waals surface area contributed by atoms with Gasteiger partial charge in [-0.25, -0.2) is 4.98 Å². The van der Waals surface area contributed by atoms with Crippen LogP contribution >= 0.6 is 0 Å². The average molecular weight is 368 g/mol. The van der Waals surface area contributed by atoms with E-state index in [4.69, 9.17) is 10.7 Å². The van der Waals surface area contributed by atoms with E-state index in [9.17, 15) is 0 Å². The summed E-state index contributed by atoms with van der Waals surface area (Å²) in [6, 6.07) is 11.5. The highest BCUT2D eigenvalue weighted by Crippen LogP contribution is 2.30. The molecule has 4 rings (SSSR count). The van der Waals surface area contributed by atoms with Gasteiger partial charge in [-0.2, -0.15) is 0 Å². The molecule has 0 bridgehead atoms. The van der Waals surface area contributed by atoms with Crippen molar-refractivity contribution in [2.75, 3.05) is 32.7 Å². The lowest BCUT2D eigenvalue weighted by Gasteiger charge is -2.41. The van der Waals surface area contributed by atoms with E-state index in [0.29, 0.717) is 6.54 Å². The molecule has 5 heteroatoms. The molecule has 27 heavy (non-hydrogen) atoms. The molecule has 1 saturated heterocycles. The second-order valence-electron chi connectivity index (χ2n) is 8.09. The maximum atomic E-state index is 6.25. The first-order valence-electron chi connectivity index (χ1n) is 10.5. The highest BCUT2D eigenvalue weighted by atomic mass is 15.3. The van der Waals surface area contributed by atoms with E-state index >= 15 is 0 Å². The van der Waals surface area contributed by atoms with E-state index in [2.05, 4.69) is 52.6 Å². The minimum Gasteiger partial charge on any atom is -0.331 e. The number of imidazole rings is 1. The smallest absolute Gasteiger partial charge is 0.140 e. The van der Waals surface area contributed by atoms with Crippen LogP contribution in [0, 0.1) is 6.92 Å². The molecule has 2 aliphatic rings.